The third-order valence-electron chi connectivity index (χ3n) is 4.77. The van der Waals surface area contributed by atoms with Gasteiger partial charge in [-0.2, -0.15) is 0 Å². The van der Waals surface area contributed by atoms with Crippen LogP contribution < -0.4 is 5.56 Å². The van der Waals surface area contributed by atoms with Crippen molar-refractivity contribution in [3.05, 3.63) is 58.9 Å². The number of carbonyl (C=O) groups is 1. The predicted molar refractivity (Wildman–Crippen MR) is 93.0 cm³/mol. The van der Waals surface area contributed by atoms with Crippen LogP contribution >= 0.6 is 0 Å². The highest BCUT2D eigenvalue weighted by Gasteiger charge is 2.28. The minimum Gasteiger partial charge on any atom is -0.467 e. The van der Waals surface area contributed by atoms with E-state index in [1.807, 2.05) is 4.90 Å². The summed E-state index contributed by atoms with van der Waals surface area (Å²) in [7, 11) is 0. The number of pyridine rings is 1. The van der Waals surface area contributed by atoms with Crippen LogP contribution in [0.15, 0.2) is 52.0 Å². The summed E-state index contributed by atoms with van der Waals surface area (Å²) < 4.78 is 6.70. The summed E-state index contributed by atoms with van der Waals surface area (Å²) in [6.45, 7) is 0.697. The van der Waals surface area contributed by atoms with E-state index in [2.05, 4.69) is 0 Å². The summed E-state index contributed by atoms with van der Waals surface area (Å²) in [6, 6.07) is 8.31. The molecule has 1 fully saturated rings. The largest absolute Gasteiger partial charge is 0.467 e. The zero-order valence-electron chi connectivity index (χ0n) is 14.2. The van der Waals surface area contributed by atoms with E-state index in [0.717, 1.165) is 25.7 Å². The average Bonchev–Trinajstić information content (AvgIpc) is 3.04. The molecule has 0 unspecified atom stereocenters. The Morgan fingerprint density at radius 3 is 2.88 bits per heavy atom. The van der Waals surface area contributed by atoms with E-state index < -0.39 is 6.10 Å². The molecule has 0 aliphatic carbocycles. The Bertz CT molecular complexity index is 738. The van der Waals surface area contributed by atoms with Crippen LogP contribution in [0.5, 0.6) is 0 Å². The molecule has 0 radical (unpaired) electrons. The van der Waals surface area contributed by atoms with Crippen LogP contribution in [-0.2, 0) is 11.3 Å². The molecule has 25 heavy (non-hydrogen) atoms. The molecule has 1 saturated heterocycles. The van der Waals surface area contributed by atoms with Crippen LogP contribution in [0.4, 0.5) is 0 Å². The van der Waals surface area contributed by atoms with E-state index in [0.29, 0.717) is 18.7 Å². The first-order valence-electron chi connectivity index (χ1n) is 8.81. The van der Waals surface area contributed by atoms with Crippen LogP contribution in [0.3, 0.4) is 0 Å². The number of carbonyl (C=O) groups excluding carboxylic acids is 1. The van der Waals surface area contributed by atoms with Gasteiger partial charge in [-0.25, -0.2) is 0 Å². The topological polar surface area (TPSA) is 75.7 Å². The summed E-state index contributed by atoms with van der Waals surface area (Å²) in [5.41, 5.74) is -0.183. The van der Waals surface area contributed by atoms with Gasteiger partial charge in [0, 0.05) is 31.3 Å². The minimum absolute atomic E-state index is 0.0347. The lowest BCUT2D eigenvalue weighted by Gasteiger charge is -2.31. The second-order valence-electron chi connectivity index (χ2n) is 6.52. The van der Waals surface area contributed by atoms with Crippen molar-refractivity contribution in [1.82, 2.24) is 9.47 Å². The van der Waals surface area contributed by atoms with Crippen molar-refractivity contribution in [1.29, 1.82) is 0 Å². The summed E-state index contributed by atoms with van der Waals surface area (Å²) in [5.74, 6) is 0.447. The maximum absolute atomic E-state index is 12.8. The van der Waals surface area contributed by atoms with Gasteiger partial charge in [0.2, 0.25) is 5.91 Å². The summed E-state index contributed by atoms with van der Waals surface area (Å²) >= 11 is 0. The fourth-order valence-corrected chi connectivity index (χ4v) is 3.43. The first-order valence-corrected chi connectivity index (χ1v) is 8.81. The number of nitrogens with zero attached hydrogens (tertiary/aromatic N) is 2. The quantitative estimate of drug-likeness (QED) is 0.903. The fraction of sp³-hybridized carbons (Fsp3) is 0.474. The molecule has 6 nitrogen and oxygen atoms in total. The van der Waals surface area contributed by atoms with Crippen molar-refractivity contribution < 1.29 is 14.3 Å². The molecule has 2 aromatic rings. The number of hydrogen-bond donors (Lipinski definition) is 1. The lowest BCUT2D eigenvalue weighted by atomic mass is 10.0. The molecule has 1 amide bonds. The van der Waals surface area contributed by atoms with Crippen molar-refractivity contribution >= 4 is 5.91 Å². The molecule has 134 valence electrons. The second-order valence-corrected chi connectivity index (χ2v) is 6.52. The van der Waals surface area contributed by atoms with Crippen molar-refractivity contribution in [3.63, 3.8) is 0 Å². The highest BCUT2D eigenvalue weighted by molar-refractivity contribution is 5.76. The first kappa shape index (κ1) is 17.5. The summed E-state index contributed by atoms with van der Waals surface area (Å²) in [6.07, 6.45) is 6.79. The number of aromatic nitrogens is 1. The van der Waals surface area contributed by atoms with E-state index in [1.165, 1.54) is 16.9 Å². The molecular weight excluding hydrogens is 320 g/mol. The standard InChI is InChI=1S/C19H24N2O4/c22-16(17-8-6-12-25-17)13-15-7-2-1-4-11-21(15)19(24)14-20-10-5-3-9-18(20)23/h3,5-6,8-10,12,15-16,22H,1-2,4,7,11,13-14H2/t15-,16-/m0/s1. The molecule has 1 N–H and O–H groups in total. The third kappa shape index (κ3) is 4.39. The number of furan rings is 1. The fourth-order valence-electron chi connectivity index (χ4n) is 3.43. The molecular formula is C19H24N2O4. The minimum atomic E-state index is -0.729. The first-order chi connectivity index (χ1) is 12.1. The molecule has 0 saturated carbocycles. The number of amides is 1. The number of aliphatic hydroxyl groups is 1. The Labute approximate surface area is 146 Å². The molecule has 2 aromatic heterocycles. The Morgan fingerprint density at radius 2 is 2.12 bits per heavy atom. The number of rotatable bonds is 5. The second kappa shape index (κ2) is 8.16. The summed E-state index contributed by atoms with van der Waals surface area (Å²) in [4.78, 5) is 26.5. The monoisotopic (exact) mass is 344 g/mol. The van der Waals surface area contributed by atoms with Gasteiger partial charge >= 0.3 is 0 Å². The van der Waals surface area contributed by atoms with Crippen LogP contribution in [-0.4, -0.2) is 33.1 Å². The van der Waals surface area contributed by atoms with Gasteiger partial charge in [-0.15, -0.1) is 0 Å². The molecule has 3 heterocycles. The van der Waals surface area contributed by atoms with Crippen molar-refractivity contribution in [2.75, 3.05) is 6.54 Å². The number of aliphatic hydroxyl groups excluding tert-OH is 1. The van der Waals surface area contributed by atoms with Gasteiger partial charge in [0.25, 0.3) is 5.56 Å². The van der Waals surface area contributed by atoms with E-state index in [-0.39, 0.29) is 24.1 Å². The van der Waals surface area contributed by atoms with Gasteiger partial charge < -0.3 is 19.0 Å². The lowest BCUT2D eigenvalue weighted by Crippen LogP contribution is -2.43. The molecule has 0 bridgehead atoms. The Balaban J connectivity index is 1.72. The molecule has 0 spiro atoms. The highest BCUT2D eigenvalue weighted by Crippen LogP contribution is 2.26. The number of hydrogen-bond acceptors (Lipinski definition) is 4. The predicted octanol–water partition coefficient (Wildman–Crippen LogP) is 2.34. The molecule has 6 heteroatoms. The van der Waals surface area contributed by atoms with Crippen molar-refractivity contribution in [2.24, 2.45) is 0 Å². The van der Waals surface area contributed by atoms with Crippen LogP contribution in [0.2, 0.25) is 0 Å². The van der Waals surface area contributed by atoms with Gasteiger partial charge in [0.05, 0.1) is 6.26 Å². The van der Waals surface area contributed by atoms with E-state index >= 15 is 0 Å². The van der Waals surface area contributed by atoms with Crippen molar-refractivity contribution in [3.8, 4) is 0 Å². The highest BCUT2D eigenvalue weighted by atomic mass is 16.4. The Hall–Kier alpha value is -2.34. The van der Waals surface area contributed by atoms with Gasteiger partial charge in [0.1, 0.15) is 18.4 Å². The van der Waals surface area contributed by atoms with Crippen LogP contribution in [0.1, 0.15) is 44.0 Å². The number of likely N-dealkylation sites (tertiary alicyclic amines) is 1. The molecule has 1 aliphatic rings. The molecule has 2 atom stereocenters. The van der Waals surface area contributed by atoms with E-state index in [9.17, 15) is 14.7 Å². The lowest BCUT2D eigenvalue weighted by molar-refractivity contribution is -0.134. The SMILES string of the molecule is O=C(Cn1ccccc1=O)N1CCCCC[C@H]1C[C@H](O)c1ccco1. The molecule has 1 aliphatic heterocycles. The van der Waals surface area contributed by atoms with Gasteiger partial charge in [-0.05, 0) is 31.0 Å². The maximum Gasteiger partial charge on any atom is 0.250 e. The molecule has 0 aromatic carbocycles. The zero-order valence-corrected chi connectivity index (χ0v) is 14.2. The Kier molecular flexibility index (Phi) is 5.71. The molecule has 3 rings (SSSR count). The van der Waals surface area contributed by atoms with Crippen LogP contribution in [0.25, 0.3) is 0 Å². The van der Waals surface area contributed by atoms with Gasteiger partial charge in [-0.1, -0.05) is 18.9 Å². The maximum atomic E-state index is 12.8. The smallest absolute Gasteiger partial charge is 0.250 e. The van der Waals surface area contributed by atoms with Crippen molar-refractivity contribution in [2.45, 2.75) is 50.8 Å². The van der Waals surface area contributed by atoms with E-state index in [1.54, 1.807) is 30.5 Å². The average molecular weight is 344 g/mol. The third-order valence-corrected chi connectivity index (χ3v) is 4.77. The zero-order chi connectivity index (χ0) is 17.6. The normalized spacial score (nSPS) is 19.4. The van der Waals surface area contributed by atoms with Gasteiger partial charge in [0.15, 0.2) is 0 Å². The van der Waals surface area contributed by atoms with E-state index in [4.69, 9.17) is 4.42 Å². The Morgan fingerprint density at radius 1 is 1.24 bits per heavy atom. The summed E-state index contributed by atoms with van der Waals surface area (Å²) in [5, 5.41) is 10.4. The van der Waals surface area contributed by atoms with Crippen LogP contribution in [0, 0.1) is 0 Å². The van der Waals surface area contributed by atoms with Gasteiger partial charge in [-0.3, -0.25) is 9.59 Å².